The van der Waals surface area contributed by atoms with Gasteiger partial charge in [-0.15, -0.1) is 0 Å². The van der Waals surface area contributed by atoms with Gasteiger partial charge in [0.15, 0.2) is 0 Å². The van der Waals surface area contributed by atoms with E-state index < -0.39 is 17.6 Å². The van der Waals surface area contributed by atoms with Crippen LogP contribution in [0.5, 0.6) is 0 Å². The lowest BCUT2D eigenvalue weighted by atomic mass is 9.83. The molecule has 0 heterocycles. The van der Waals surface area contributed by atoms with Gasteiger partial charge >= 0.3 is 0 Å². The van der Waals surface area contributed by atoms with Crippen LogP contribution in [0.4, 0.5) is 8.78 Å². The van der Waals surface area contributed by atoms with E-state index in [9.17, 15) is 18.7 Å². The highest BCUT2D eigenvalue weighted by atomic mass is 19.1. The van der Waals surface area contributed by atoms with Crippen LogP contribution in [0.15, 0.2) is 18.2 Å². The maximum absolute atomic E-state index is 13.7. The molecule has 3 unspecified atom stereocenters. The van der Waals surface area contributed by atoms with Gasteiger partial charge in [-0.25, -0.2) is 8.78 Å². The number of carbonyl (C=O) groups excluding carboxylic acids is 1. The zero-order valence-corrected chi connectivity index (χ0v) is 13.5. The molecule has 0 aliphatic heterocycles. The van der Waals surface area contributed by atoms with Gasteiger partial charge in [-0.1, -0.05) is 18.9 Å². The summed E-state index contributed by atoms with van der Waals surface area (Å²) in [7, 11) is 0. The highest BCUT2D eigenvalue weighted by Gasteiger charge is 2.24. The summed E-state index contributed by atoms with van der Waals surface area (Å²) in [5.41, 5.74) is -0.187. The third kappa shape index (κ3) is 4.74. The molecule has 2 N–H and O–H groups in total. The number of aliphatic hydroxyl groups is 1. The Bertz CT molecular complexity index is 516. The monoisotopic (exact) mass is 325 g/mol. The molecule has 1 aliphatic carbocycles. The highest BCUT2D eigenvalue weighted by molar-refractivity contribution is 5.83. The molecule has 1 saturated carbocycles. The highest BCUT2D eigenvalue weighted by Crippen LogP contribution is 2.28. The van der Waals surface area contributed by atoms with E-state index in [4.69, 9.17) is 0 Å². The van der Waals surface area contributed by atoms with Gasteiger partial charge in [0.25, 0.3) is 0 Å². The number of amides is 1. The Labute approximate surface area is 136 Å². The predicted molar refractivity (Wildman–Crippen MR) is 85.0 cm³/mol. The average Bonchev–Trinajstić information content (AvgIpc) is 2.52. The fraction of sp³-hybridized carbons (Fsp3) is 0.611. The summed E-state index contributed by atoms with van der Waals surface area (Å²) in [6, 6.07) is 3.60. The van der Waals surface area contributed by atoms with Gasteiger partial charge in [0.05, 0.1) is 12.0 Å². The molecule has 23 heavy (non-hydrogen) atoms. The second-order valence-electron chi connectivity index (χ2n) is 6.40. The minimum absolute atomic E-state index is 0.187. The molecule has 0 spiro atoms. The number of carbonyl (C=O) groups is 1. The number of aliphatic hydroxyl groups excluding tert-OH is 1. The Balaban J connectivity index is 1.78. The molecule has 1 fully saturated rings. The summed E-state index contributed by atoms with van der Waals surface area (Å²) in [5.74, 6) is -2.33. The fourth-order valence-corrected chi connectivity index (χ4v) is 3.31. The molecule has 0 radical (unpaired) electrons. The molecular weight excluding hydrogens is 300 g/mol. The van der Waals surface area contributed by atoms with Gasteiger partial charge in [0.1, 0.15) is 11.6 Å². The van der Waals surface area contributed by atoms with Crippen molar-refractivity contribution in [2.75, 3.05) is 6.54 Å². The van der Waals surface area contributed by atoms with Crippen LogP contribution in [0.3, 0.4) is 0 Å². The summed E-state index contributed by atoms with van der Waals surface area (Å²) in [6.45, 7) is 1.96. The number of rotatable bonds is 6. The van der Waals surface area contributed by atoms with Crippen LogP contribution in [-0.4, -0.2) is 23.7 Å². The third-order valence-corrected chi connectivity index (χ3v) is 4.75. The Morgan fingerprint density at radius 1 is 1.30 bits per heavy atom. The van der Waals surface area contributed by atoms with Crippen LogP contribution in [0.2, 0.25) is 0 Å². The molecule has 1 aromatic carbocycles. The second kappa shape index (κ2) is 8.39. The normalized spacial score (nSPS) is 22.6. The van der Waals surface area contributed by atoms with Crippen molar-refractivity contribution in [3.63, 3.8) is 0 Å². The molecule has 2 rings (SSSR count). The van der Waals surface area contributed by atoms with Crippen molar-refractivity contribution >= 4 is 5.91 Å². The quantitative estimate of drug-likeness (QED) is 0.786. The lowest BCUT2D eigenvalue weighted by Gasteiger charge is -2.27. The first-order valence-corrected chi connectivity index (χ1v) is 8.40. The summed E-state index contributed by atoms with van der Waals surface area (Å²) in [6.07, 6.45) is 5.53. The number of halogens is 2. The van der Waals surface area contributed by atoms with E-state index >= 15 is 0 Å². The van der Waals surface area contributed by atoms with E-state index in [0.717, 1.165) is 50.7 Å². The van der Waals surface area contributed by atoms with E-state index in [1.54, 1.807) is 0 Å². The number of nitrogens with one attached hydrogen (secondary N) is 1. The smallest absolute Gasteiger partial charge is 0.227 e. The molecular formula is C18H25F2NO2. The fourth-order valence-electron chi connectivity index (χ4n) is 3.31. The van der Waals surface area contributed by atoms with Crippen LogP contribution in [0.25, 0.3) is 0 Å². The Morgan fingerprint density at radius 3 is 2.61 bits per heavy atom. The van der Waals surface area contributed by atoms with E-state index in [-0.39, 0.29) is 17.6 Å². The SMILES string of the molecule is CC(C(=O)NCCCC1CCCCC1O)c1c(F)cccc1F. The number of benzene rings is 1. The zero-order valence-electron chi connectivity index (χ0n) is 13.5. The van der Waals surface area contributed by atoms with Gasteiger partial charge < -0.3 is 10.4 Å². The lowest BCUT2D eigenvalue weighted by molar-refractivity contribution is -0.122. The summed E-state index contributed by atoms with van der Waals surface area (Å²) in [5, 5.41) is 12.6. The predicted octanol–water partition coefficient (Wildman–Crippen LogP) is 3.52. The van der Waals surface area contributed by atoms with Crippen molar-refractivity contribution in [3.8, 4) is 0 Å². The van der Waals surface area contributed by atoms with E-state index in [1.807, 2.05) is 0 Å². The standard InChI is InChI=1S/C18H25F2NO2/c1-12(17-14(19)8-4-9-15(17)20)18(23)21-11-5-7-13-6-2-3-10-16(13)22/h4,8-9,12-13,16,22H,2-3,5-7,10-11H2,1H3,(H,21,23). The number of hydrogen-bond donors (Lipinski definition) is 2. The van der Waals surface area contributed by atoms with Gasteiger partial charge in [0.2, 0.25) is 5.91 Å². The van der Waals surface area contributed by atoms with Gasteiger partial charge in [-0.3, -0.25) is 4.79 Å². The molecule has 5 heteroatoms. The average molecular weight is 325 g/mol. The van der Waals surface area contributed by atoms with Crippen LogP contribution < -0.4 is 5.32 Å². The molecule has 0 bridgehead atoms. The zero-order chi connectivity index (χ0) is 16.8. The Hall–Kier alpha value is -1.49. The van der Waals surface area contributed by atoms with Crippen molar-refractivity contribution < 1.29 is 18.7 Å². The summed E-state index contributed by atoms with van der Waals surface area (Å²) >= 11 is 0. The van der Waals surface area contributed by atoms with Gasteiger partial charge in [-0.2, -0.15) is 0 Å². The van der Waals surface area contributed by atoms with E-state index in [0.29, 0.717) is 12.5 Å². The molecule has 0 aromatic heterocycles. The van der Waals surface area contributed by atoms with Crippen molar-refractivity contribution in [1.82, 2.24) is 5.32 Å². The lowest BCUT2D eigenvalue weighted by Crippen LogP contribution is -2.31. The third-order valence-electron chi connectivity index (χ3n) is 4.75. The van der Waals surface area contributed by atoms with Crippen LogP contribution in [-0.2, 0) is 4.79 Å². The largest absolute Gasteiger partial charge is 0.393 e. The molecule has 1 amide bonds. The molecule has 0 saturated heterocycles. The minimum atomic E-state index is -0.864. The minimum Gasteiger partial charge on any atom is -0.393 e. The maximum Gasteiger partial charge on any atom is 0.227 e. The first kappa shape index (κ1) is 17.9. The molecule has 1 aromatic rings. The van der Waals surface area contributed by atoms with Crippen LogP contribution >= 0.6 is 0 Å². The Morgan fingerprint density at radius 2 is 1.96 bits per heavy atom. The van der Waals surface area contributed by atoms with Crippen LogP contribution in [0.1, 0.15) is 56.9 Å². The summed E-state index contributed by atoms with van der Waals surface area (Å²) < 4.78 is 27.4. The van der Waals surface area contributed by atoms with E-state index in [1.165, 1.54) is 13.0 Å². The van der Waals surface area contributed by atoms with Crippen molar-refractivity contribution in [2.24, 2.45) is 5.92 Å². The molecule has 3 nitrogen and oxygen atoms in total. The van der Waals surface area contributed by atoms with Gasteiger partial charge in [-0.05, 0) is 50.7 Å². The number of hydrogen-bond acceptors (Lipinski definition) is 2. The van der Waals surface area contributed by atoms with E-state index in [2.05, 4.69) is 5.32 Å². The van der Waals surface area contributed by atoms with Crippen molar-refractivity contribution in [2.45, 2.75) is 57.5 Å². The van der Waals surface area contributed by atoms with Gasteiger partial charge in [0, 0.05) is 12.1 Å². The van der Waals surface area contributed by atoms with Crippen molar-refractivity contribution in [3.05, 3.63) is 35.4 Å². The van der Waals surface area contributed by atoms with Crippen molar-refractivity contribution in [1.29, 1.82) is 0 Å². The maximum atomic E-state index is 13.7. The molecule has 3 atom stereocenters. The molecule has 128 valence electrons. The summed E-state index contributed by atoms with van der Waals surface area (Å²) in [4.78, 5) is 12.1. The first-order chi connectivity index (χ1) is 11.0. The first-order valence-electron chi connectivity index (χ1n) is 8.40. The molecule has 1 aliphatic rings. The second-order valence-corrected chi connectivity index (χ2v) is 6.40. The Kier molecular flexibility index (Phi) is 6.51. The topological polar surface area (TPSA) is 49.3 Å². The van der Waals surface area contributed by atoms with Crippen LogP contribution in [0, 0.1) is 17.6 Å².